The molecule has 0 aromatic heterocycles. The van der Waals surface area contributed by atoms with Crippen LogP contribution in [0.25, 0.3) is 0 Å². The van der Waals surface area contributed by atoms with Crippen molar-refractivity contribution in [1.29, 1.82) is 0 Å². The van der Waals surface area contributed by atoms with Crippen LogP contribution in [0.1, 0.15) is 30.5 Å². The Labute approximate surface area is 127 Å². The van der Waals surface area contributed by atoms with Crippen LogP contribution in [0, 0.1) is 0 Å². The number of benzene rings is 2. The van der Waals surface area contributed by atoms with Crippen molar-refractivity contribution >= 4 is 0 Å². The lowest BCUT2D eigenvalue weighted by molar-refractivity contribution is 0.112. The lowest BCUT2D eigenvalue weighted by atomic mass is 9.94. The summed E-state index contributed by atoms with van der Waals surface area (Å²) in [6.07, 6.45) is 1.19. The van der Waals surface area contributed by atoms with E-state index in [1.54, 1.807) is 0 Å². The Bertz CT molecular complexity index is 495. The zero-order chi connectivity index (χ0) is 14.5. The molecule has 2 aromatic carbocycles. The van der Waals surface area contributed by atoms with Crippen molar-refractivity contribution < 1.29 is 0 Å². The standard InChI is InChI=1S/C19H24N2/c1-2-13-21(18-14-20-15-18)19(16-9-5-3-6-10-16)17-11-7-4-8-12-17/h3-12,18-20H,2,13-15H2,1H3. The molecule has 110 valence electrons. The maximum atomic E-state index is 3.42. The molecule has 1 aliphatic rings. The van der Waals surface area contributed by atoms with Crippen LogP contribution in [0.3, 0.4) is 0 Å². The molecule has 1 aliphatic heterocycles. The summed E-state index contributed by atoms with van der Waals surface area (Å²) < 4.78 is 0. The van der Waals surface area contributed by atoms with Crippen molar-refractivity contribution in [3.63, 3.8) is 0 Å². The van der Waals surface area contributed by atoms with E-state index in [0.717, 1.165) is 19.6 Å². The van der Waals surface area contributed by atoms with E-state index in [1.807, 2.05) is 0 Å². The minimum atomic E-state index is 0.361. The van der Waals surface area contributed by atoms with Gasteiger partial charge in [-0.1, -0.05) is 67.6 Å². The average Bonchev–Trinajstić information content (AvgIpc) is 2.48. The summed E-state index contributed by atoms with van der Waals surface area (Å²) in [4.78, 5) is 2.67. The third kappa shape index (κ3) is 3.17. The summed E-state index contributed by atoms with van der Waals surface area (Å²) in [5, 5.41) is 3.42. The number of nitrogens with zero attached hydrogens (tertiary/aromatic N) is 1. The Balaban J connectivity index is 1.98. The van der Waals surface area contributed by atoms with Gasteiger partial charge >= 0.3 is 0 Å². The summed E-state index contributed by atoms with van der Waals surface area (Å²) in [7, 11) is 0. The topological polar surface area (TPSA) is 15.3 Å². The molecule has 21 heavy (non-hydrogen) atoms. The first-order chi connectivity index (χ1) is 10.4. The molecule has 1 N–H and O–H groups in total. The monoisotopic (exact) mass is 280 g/mol. The van der Waals surface area contributed by atoms with Crippen molar-refractivity contribution in [2.45, 2.75) is 25.4 Å². The lowest BCUT2D eigenvalue weighted by Crippen LogP contribution is -2.58. The molecule has 2 nitrogen and oxygen atoms in total. The second-order valence-electron chi connectivity index (χ2n) is 5.77. The molecule has 0 unspecified atom stereocenters. The molecule has 2 heteroatoms. The molecule has 0 aliphatic carbocycles. The van der Waals surface area contributed by atoms with Gasteiger partial charge in [-0.2, -0.15) is 0 Å². The maximum Gasteiger partial charge on any atom is 0.0605 e. The molecule has 1 fully saturated rings. The molecule has 0 amide bonds. The quantitative estimate of drug-likeness (QED) is 0.871. The Morgan fingerprint density at radius 3 is 1.86 bits per heavy atom. The number of hydrogen-bond donors (Lipinski definition) is 1. The van der Waals surface area contributed by atoms with Gasteiger partial charge in [0.25, 0.3) is 0 Å². The third-order valence-corrected chi connectivity index (χ3v) is 4.27. The minimum Gasteiger partial charge on any atom is -0.314 e. The Kier molecular flexibility index (Phi) is 4.69. The zero-order valence-corrected chi connectivity index (χ0v) is 12.7. The van der Waals surface area contributed by atoms with Gasteiger partial charge in [0.2, 0.25) is 0 Å². The first-order valence-corrected chi connectivity index (χ1v) is 7.96. The predicted molar refractivity (Wildman–Crippen MR) is 88.4 cm³/mol. The highest BCUT2D eigenvalue weighted by molar-refractivity contribution is 5.32. The number of hydrogen-bond acceptors (Lipinski definition) is 2. The molecule has 0 bridgehead atoms. The molecule has 1 saturated heterocycles. The summed E-state index contributed by atoms with van der Waals surface area (Å²) >= 11 is 0. The van der Waals surface area contributed by atoms with Crippen LogP contribution in [-0.2, 0) is 0 Å². The van der Waals surface area contributed by atoms with Gasteiger partial charge < -0.3 is 5.32 Å². The lowest BCUT2D eigenvalue weighted by Gasteiger charge is -2.43. The van der Waals surface area contributed by atoms with E-state index < -0.39 is 0 Å². The SMILES string of the molecule is CCCN(C1CNC1)C(c1ccccc1)c1ccccc1. The van der Waals surface area contributed by atoms with Crippen molar-refractivity contribution in [2.24, 2.45) is 0 Å². The van der Waals surface area contributed by atoms with Crippen molar-refractivity contribution in [2.75, 3.05) is 19.6 Å². The van der Waals surface area contributed by atoms with Gasteiger partial charge in [0.1, 0.15) is 0 Å². The molecule has 0 atom stereocenters. The van der Waals surface area contributed by atoms with E-state index >= 15 is 0 Å². The fourth-order valence-electron chi connectivity index (χ4n) is 3.13. The van der Waals surface area contributed by atoms with E-state index in [2.05, 4.69) is 77.8 Å². The molecule has 3 rings (SSSR count). The van der Waals surface area contributed by atoms with Crippen LogP contribution in [0.2, 0.25) is 0 Å². The largest absolute Gasteiger partial charge is 0.314 e. The molecular weight excluding hydrogens is 256 g/mol. The maximum absolute atomic E-state index is 3.42. The van der Waals surface area contributed by atoms with Crippen molar-refractivity contribution in [3.8, 4) is 0 Å². The minimum absolute atomic E-state index is 0.361. The molecule has 0 spiro atoms. The highest BCUT2D eigenvalue weighted by atomic mass is 15.3. The smallest absolute Gasteiger partial charge is 0.0605 e. The van der Waals surface area contributed by atoms with Gasteiger partial charge in [0.15, 0.2) is 0 Å². The zero-order valence-electron chi connectivity index (χ0n) is 12.7. The van der Waals surface area contributed by atoms with E-state index in [-0.39, 0.29) is 0 Å². The fraction of sp³-hybridized carbons (Fsp3) is 0.368. The van der Waals surface area contributed by atoms with Gasteiger partial charge in [0.05, 0.1) is 6.04 Å². The van der Waals surface area contributed by atoms with Crippen LogP contribution in [0.15, 0.2) is 60.7 Å². The van der Waals surface area contributed by atoms with Crippen LogP contribution in [0.5, 0.6) is 0 Å². The highest BCUT2D eigenvalue weighted by Crippen LogP contribution is 2.31. The first kappa shape index (κ1) is 14.3. The van der Waals surface area contributed by atoms with Crippen LogP contribution < -0.4 is 5.32 Å². The summed E-state index contributed by atoms with van der Waals surface area (Å²) in [6.45, 7) is 5.62. The Hall–Kier alpha value is -1.64. The molecule has 0 radical (unpaired) electrons. The Morgan fingerprint density at radius 2 is 1.48 bits per heavy atom. The second-order valence-corrected chi connectivity index (χ2v) is 5.77. The molecule has 1 heterocycles. The summed E-state index contributed by atoms with van der Waals surface area (Å²) in [5.74, 6) is 0. The predicted octanol–water partition coefficient (Wildman–Crippen LogP) is 3.46. The van der Waals surface area contributed by atoms with Gasteiger partial charge in [-0.05, 0) is 24.1 Å². The van der Waals surface area contributed by atoms with E-state index in [9.17, 15) is 0 Å². The van der Waals surface area contributed by atoms with Gasteiger partial charge in [-0.25, -0.2) is 0 Å². The second kappa shape index (κ2) is 6.88. The van der Waals surface area contributed by atoms with E-state index in [1.165, 1.54) is 17.5 Å². The fourth-order valence-corrected chi connectivity index (χ4v) is 3.13. The highest BCUT2D eigenvalue weighted by Gasteiger charge is 2.31. The Morgan fingerprint density at radius 1 is 0.952 bits per heavy atom. The van der Waals surface area contributed by atoms with Gasteiger partial charge in [-0.15, -0.1) is 0 Å². The molecule has 2 aromatic rings. The summed E-state index contributed by atoms with van der Waals surface area (Å²) in [6, 6.07) is 22.8. The van der Waals surface area contributed by atoms with Crippen molar-refractivity contribution in [3.05, 3.63) is 71.8 Å². The summed E-state index contributed by atoms with van der Waals surface area (Å²) in [5.41, 5.74) is 2.79. The third-order valence-electron chi connectivity index (χ3n) is 4.27. The molecular formula is C19H24N2. The van der Waals surface area contributed by atoms with Crippen LogP contribution >= 0.6 is 0 Å². The first-order valence-electron chi connectivity index (χ1n) is 7.96. The normalized spacial score (nSPS) is 15.4. The van der Waals surface area contributed by atoms with E-state index in [4.69, 9.17) is 0 Å². The van der Waals surface area contributed by atoms with E-state index in [0.29, 0.717) is 12.1 Å². The van der Waals surface area contributed by atoms with Crippen LogP contribution in [0.4, 0.5) is 0 Å². The average molecular weight is 280 g/mol. The van der Waals surface area contributed by atoms with Crippen LogP contribution in [-0.4, -0.2) is 30.6 Å². The molecule has 0 saturated carbocycles. The number of nitrogens with one attached hydrogen (secondary N) is 1. The van der Waals surface area contributed by atoms with Gasteiger partial charge in [0, 0.05) is 19.1 Å². The van der Waals surface area contributed by atoms with Crippen molar-refractivity contribution in [1.82, 2.24) is 10.2 Å². The number of rotatable bonds is 6. The van der Waals surface area contributed by atoms with Gasteiger partial charge in [-0.3, -0.25) is 4.90 Å².